The van der Waals surface area contributed by atoms with Crippen LogP contribution >= 0.6 is 0 Å². The fourth-order valence-corrected chi connectivity index (χ4v) is 2.77. The number of aryl methyl sites for hydroxylation is 3. The van der Waals surface area contributed by atoms with Gasteiger partial charge in [-0.1, -0.05) is 48.0 Å². The second-order valence-electron chi connectivity index (χ2n) is 6.49. The van der Waals surface area contributed by atoms with Gasteiger partial charge < -0.3 is 10.6 Å². The van der Waals surface area contributed by atoms with Gasteiger partial charge in [0.1, 0.15) is 5.69 Å². The van der Waals surface area contributed by atoms with Crippen molar-refractivity contribution in [2.45, 2.75) is 27.3 Å². The Kier molecular flexibility index (Phi) is 5.32. The van der Waals surface area contributed by atoms with Gasteiger partial charge in [0.2, 0.25) is 0 Å². The Morgan fingerprint density at radius 2 is 1.65 bits per heavy atom. The fourth-order valence-electron chi connectivity index (χ4n) is 2.77. The molecule has 0 atom stereocenters. The van der Waals surface area contributed by atoms with E-state index < -0.39 is 0 Å². The third kappa shape index (κ3) is 4.28. The van der Waals surface area contributed by atoms with Gasteiger partial charge in [-0.2, -0.15) is 0 Å². The number of para-hydroxylation sites is 1. The average Bonchev–Trinajstić information content (AvgIpc) is 2.64. The van der Waals surface area contributed by atoms with E-state index in [4.69, 9.17) is 0 Å². The summed E-state index contributed by atoms with van der Waals surface area (Å²) < 4.78 is 0. The predicted octanol–water partition coefficient (Wildman–Crippen LogP) is 4.68. The van der Waals surface area contributed by atoms with Gasteiger partial charge in [-0.05, 0) is 49.6 Å². The molecule has 0 aliphatic heterocycles. The molecule has 0 unspecified atom stereocenters. The highest BCUT2D eigenvalue weighted by atomic mass is 16.1. The molecule has 4 nitrogen and oxygen atoms in total. The van der Waals surface area contributed by atoms with Crippen molar-refractivity contribution in [2.75, 3.05) is 5.32 Å². The highest BCUT2D eigenvalue weighted by Gasteiger charge is 2.09. The van der Waals surface area contributed by atoms with E-state index in [1.165, 1.54) is 5.56 Å². The maximum absolute atomic E-state index is 12.4. The molecular weight excluding hydrogens is 322 g/mol. The van der Waals surface area contributed by atoms with E-state index in [2.05, 4.69) is 41.6 Å². The molecule has 3 rings (SSSR count). The van der Waals surface area contributed by atoms with Gasteiger partial charge in [0.25, 0.3) is 5.91 Å². The van der Waals surface area contributed by atoms with Gasteiger partial charge in [0.15, 0.2) is 0 Å². The summed E-state index contributed by atoms with van der Waals surface area (Å²) in [6.07, 6.45) is 1.65. The van der Waals surface area contributed by atoms with Crippen LogP contribution in [0.5, 0.6) is 0 Å². The highest BCUT2D eigenvalue weighted by Crippen LogP contribution is 2.24. The molecule has 0 saturated carbocycles. The Hall–Kier alpha value is -3.14. The molecule has 0 saturated heterocycles. The lowest BCUT2D eigenvalue weighted by atomic mass is 10.1. The molecular formula is C22H23N3O. The summed E-state index contributed by atoms with van der Waals surface area (Å²) in [5, 5.41) is 6.32. The maximum Gasteiger partial charge on any atom is 0.270 e. The van der Waals surface area contributed by atoms with Crippen molar-refractivity contribution < 1.29 is 4.79 Å². The average molecular weight is 345 g/mol. The Bertz CT molecular complexity index is 897. The minimum atomic E-state index is -0.185. The number of carbonyl (C=O) groups is 1. The van der Waals surface area contributed by atoms with Gasteiger partial charge in [0, 0.05) is 24.1 Å². The third-order valence-corrected chi connectivity index (χ3v) is 4.32. The van der Waals surface area contributed by atoms with Gasteiger partial charge >= 0.3 is 0 Å². The number of amides is 1. The smallest absolute Gasteiger partial charge is 0.270 e. The molecule has 1 amide bonds. The van der Waals surface area contributed by atoms with E-state index in [0.29, 0.717) is 12.2 Å². The van der Waals surface area contributed by atoms with E-state index >= 15 is 0 Å². The number of hydrogen-bond donors (Lipinski definition) is 2. The molecule has 1 aromatic heterocycles. The zero-order valence-electron chi connectivity index (χ0n) is 15.3. The summed E-state index contributed by atoms with van der Waals surface area (Å²) in [7, 11) is 0. The Morgan fingerprint density at radius 3 is 2.35 bits per heavy atom. The summed E-state index contributed by atoms with van der Waals surface area (Å²) in [6, 6.07) is 17.9. The second kappa shape index (κ2) is 7.83. The van der Waals surface area contributed by atoms with Crippen molar-refractivity contribution >= 4 is 17.3 Å². The first-order valence-corrected chi connectivity index (χ1v) is 8.66. The van der Waals surface area contributed by atoms with Crippen LogP contribution in [0, 0.1) is 20.8 Å². The Labute approximate surface area is 154 Å². The molecule has 1 heterocycles. The Morgan fingerprint density at radius 1 is 0.962 bits per heavy atom. The lowest BCUT2D eigenvalue weighted by Crippen LogP contribution is -2.23. The summed E-state index contributed by atoms with van der Waals surface area (Å²) >= 11 is 0. The number of nitrogens with zero attached hydrogens (tertiary/aromatic N) is 1. The maximum atomic E-state index is 12.4. The summed E-state index contributed by atoms with van der Waals surface area (Å²) in [4.78, 5) is 16.6. The van der Waals surface area contributed by atoms with Crippen LogP contribution in [0.3, 0.4) is 0 Å². The molecule has 0 aliphatic rings. The van der Waals surface area contributed by atoms with Crippen LogP contribution in [0.2, 0.25) is 0 Å². The molecule has 0 bridgehead atoms. The molecule has 4 heteroatoms. The monoisotopic (exact) mass is 345 g/mol. The quantitative estimate of drug-likeness (QED) is 0.706. The van der Waals surface area contributed by atoms with Crippen LogP contribution in [0.1, 0.15) is 32.7 Å². The van der Waals surface area contributed by atoms with Crippen molar-refractivity contribution in [1.29, 1.82) is 0 Å². The number of anilines is 2. The Balaban J connectivity index is 1.70. The van der Waals surface area contributed by atoms with Crippen LogP contribution in [0.15, 0.2) is 60.8 Å². The van der Waals surface area contributed by atoms with Gasteiger partial charge in [-0.3, -0.25) is 9.78 Å². The number of nitrogens with one attached hydrogen (secondary N) is 2. The normalized spacial score (nSPS) is 10.4. The molecule has 3 aromatic rings. The minimum Gasteiger partial charge on any atom is -0.355 e. The van der Waals surface area contributed by atoms with Crippen LogP contribution in [-0.2, 0) is 6.54 Å². The molecule has 26 heavy (non-hydrogen) atoms. The van der Waals surface area contributed by atoms with E-state index in [1.807, 2.05) is 43.3 Å². The van der Waals surface area contributed by atoms with Crippen LogP contribution in [0.4, 0.5) is 11.4 Å². The van der Waals surface area contributed by atoms with Crippen molar-refractivity contribution in [1.82, 2.24) is 10.3 Å². The summed E-state index contributed by atoms with van der Waals surface area (Å²) in [5.41, 5.74) is 6.89. The molecule has 2 aromatic carbocycles. The van der Waals surface area contributed by atoms with Crippen molar-refractivity contribution in [2.24, 2.45) is 0 Å². The SMILES string of the molecule is Cc1ccc(CNC(=O)c2cc(Nc3c(C)cccc3C)ccn2)cc1. The van der Waals surface area contributed by atoms with E-state index in [-0.39, 0.29) is 5.91 Å². The molecule has 0 aliphatic carbocycles. The zero-order chi connectivity index (χ0) is 18.5. The highest BCUT2D eigenvalue weighted by molar-refractivity contribution is 5.93. The summed E-state index contributed by atoms with van der Waals surface area (Å²) in [5.74, 6) is -0.185. The summed E-state index contributed by atoms with van der Waals surface area (Å²) in [6.45, 7) is 6.65. The van der Waals surface area contributed by atoms with E-state index in [0.717, 1.165) is 28.1 Å². The number of hydrogen-bond acceptors (Lipinski definition) is 3. The van der Waals surface area contributed by atoms with Crippen molar-refractivity contribution in [3.05, 3.63) is 88.7 Å². The van der Waals surface area contributed by atoms with Crippen molar-refractivity contribution in [3.8, 4) is 0 Å². The van der Waals surface area contributed by atoms with Gasteiger partial charge in [-0.25, -0.2) is 0 Å². The standard InChI is InChI=1S/C22H23N3O/c1-15-7-9-18(10-8-15)14-24-22(26)20-13-19(11-12-23-20)25-21-16(2)5-4-6-17(21)3/h4-13H,14H2,1-3H3,(H,23,25)(H,24,26). The molecule has 132 valence electrons. The molecule has 0 radical (unpaired) electrons. The third-order valence-electron chi connectivity index (χ3n) is 4.32. The topological polar surface area (TPSA) is 54.0 Å². The molecule has 0 spiro atoms. The van der Waals surface area contributed by atoms with E-state index in [9.17, 15) is 4.79 Å². The molecule has 0 fully saturated rings. The number of rotatable bonds is 5. The van der Waals surface area contributed by atoms with Crippen LogP contribution < -0.4 is 10.6 Å². The van der Waals surface area contributed by atoms with Gasteiger partial charge in [-0.15, -0.1) is 0 Å². The number of pyridine rings is 1. The zero-order valence-corrected chi connectivity index (χ0v) is 15.3. The number of benzene rings is 2. The van der Waals surface area contributed by atoms with Crippen LogP contribution in [-0.4, -0.2) is 10.9 Å². The van der Waals surface area contributed by atoms with E-state index in [1.54, 1.807) is 12.3 Å². The first-order chi connectivity index (χ1) is 12.5. The fraction of sp³-hybridized carbons (Fsp3) is 0.182. The number of aromatic nitrogens is 1. The van der Waals surface area contributed by atoms with Crippen molar-refractivity contribution in [3.63, 3.8) is 0 Å². The predicted molar refractivity (Wildman–Crippen MR) is 106 cm³/mol. The lowest BCUT2D eigenvalue weighted by molar-refractivity contribution is 0.0946. The van der Waals surface area contributed by atoms with Gasteiger partial charge in [0.05, 0.1) is 0 Å². The number of carbonyl (C=O) groups excluding carboxylic acids is 1. The largest absolute Gasteiger partial charge is 0.355 e. The second-order valence-corrected chi connectivity index (χ2v) is 6.49. The lowest BCUT2D eigenvalue weighted by Gasteiger charge is -2.13. The first-order valence-electron chi connectivity index (χ1n) is 8.66. The first kappa shape index (κ1) is 17.7. The minimum absolute atomic E-state index is 0.185. The van der Waals surface area contributed by atoms with Crippen LogP contribution in [0.25, 0.3) is 0 Å². The molecule has 2 N–H and O–H groups in total.